The van der Waals surface area contributed by atoms with Gasteiger partial charge in [0.2, 0.25) is 0 Å². The maximum Gasteiger partial charge on any atom is 0.256 e. The van der Waals surface area contributed by atoms with Crippen molar-refractivity contribution in [2.45, 2.75) is 0 Å². The molecule has 1 aliphatic rings. The molecule has 0 saturated heterocycles. The monoisotopic (exact) mass is 457 g/mol. The minimum atomic E-state index is -0.238. The van der Waals surface area contributed by atoms with Crippen LogP contribution in [-0.2, 0) is 4.79 Å². The quantitative estimate of drug-likeness (QED) is 0.345. The maximum absolute atomic E-state index is 12.1. The molecule has 0 aliphatic carbocycles. The highest BCUT2D eigenvalue weighted by molar-refractivity contribution is 14.1. The number of aromatic hydroxyl groups is 2. The molecule has 0 radical (unpaired) electrons. The van der Waals surface area contributed by atoms with E-state index in [1.54, 1.807) is 12.1 Å². The fourth-order valence-corrected chi connectivity index (χ4v) is 3.12. The molecule has 2 aromatic carbocycles. The van der Waals surface area contributed by atoms with Crippen LogP contribution in [0, 0.1) is 3.57 Å². The highest BCUT2D eigenvalue weighted by Crippen LogP contribution is 2.38. The average molecular weight is 458 g/mol. The van der Waals surface area contributed by atoms with Crippen LogP contribution in [0.2, 0.25) is 0 Å². The number of phenolic OH excluding ortho intramolecular Hbond substituents is 2. The lowest BCUT2D eigenvalue weighted by molar-refractivity contribution is -0.110. The second kappa shape index (κ2) is 5.34. The van der Waals surface area contributed by atoms with E-state index in [1.165, 1.54) is 6.07 Å². The van der Waals surface area contributed by atoms with Gasteiger partial charge in [-0.05, 0) is 80.5 Å². The summed E-state index contributed by atoms with van der Waals surface area (Å²) in [5.74, 6) is -0.642. The number of hydrogen-bond acceptors (Lipinski definition) is 3. The molecule has 0 fully saturated rings. The molecule has 0 atom stereocenters. The number of anilines is 1. The number of carbonyl (C=O) groups excluding carboxylic acids is 1. The lowest BCUT2D eigenvalue weighted by atomic mass is 10.0. The highest BCUT2D eigenvalue weighted by atomic mass is 127. The summed E-state index contributed by atoms with van der Waals surface area (Å²) in [5, 5.41) is 22.0. The second-order valence-electron chi connectivity index (χ2n) is 4.57. The fraction of sp³-hybridized carbons (Fsp3) is 0. The smallest absolute Gasteiger partial charge is 0.256 e. The van der Waals surface area contributed by atoms with Crippen molar-refractivity contribution in [1.29, 1.82) is 0 Å². The van der Waals surface area contributed by atoms with Crippen LogP contribution < -0.4 is 5.32 Å². The van der Waals surface area contributed by atoms with Gasteiger partial charge in [-0.2, -0.15) is 0 Å². The number of carbonyl (C=O) groups is 1. The molecule has 21 heavy (non-hydrogen) atoms. The first-order chi connectivity index (χ1) is 9.95. The summed E-state index contributed by atoms with van der Waals surface area (Å²) in [4.78, 5) is 12.1. The number of nitrogens with one attached hydrogen (secondary N) is 1. The minimum Gasteiger partial charge on any atom is -0.504 e. The first-order valence-corrected chi connectivity index (χ1v) is 7.87. The van der Waals surface area contributed by atoms with Crippen molar-refractivity contribution in [3.8, 4) is 11.5 Å². The van der Waals surface area contributed by atoms with Gasteiger partial charge in [0.25, 0.3) is 5.91 Å². The van der Waals surface area contributed by atoms with Crippen molar-refractivity contribution >= 4 is 61.8 Å². The van der Waals surface area contributed by atoms with E-state index in [0.717, 1.165) is 14.8 Å². The van der Waals surface area contributed by atoms with Gasteiger partial charge in [-0.1, -0.05) is 0 Å². The van der Waals surface area contributed by atoms with E-state index in [1.807, 2.05) is 18.2 Å². The van der Waals surface area contributed by atoms with Gasteiger partial charge in [0.05, 0.1) is 4.47 Å². The van der Waals surface area contributed by atoms with Gasteiger partial charge in [-0.3, -0.25) is 4.79 Å². The first-order valence-electron chi connectivity index (χ1n) is 6.00. The Labute approximate surface area is 142 Å². The Kier molecular flexibility index (Phi) is 3.66. The maximum atomic E-state index is 12.1. The molecular weight excluding hydrogens is 449 g/mol. The van der Waals surface area contributed by atoms with Crippen LogP contribution in [0.1, 0.15) is 11.1 Å². The van der Waals surface area contributed by atoms with E-state index < -0.39 is 0 Å². The van der Waals surface area contributed by atoms with Crippen LogP contribution in [-0.4, -0.2) is 16.1 Å². The largest absolute Gasteiger partial charge is 0.504 e. The minimum absolute atomic E-state index is 0.185. The van der Waals surface area contributed by atoms with E-state index >= 15 is 0 Å². The van der Waals surface area contributed by atoms with Crippen molar-refractivity contribution in [2.24, 2.45) is 0 Å². The van der Waals surface area contributed by atoms with Crippen LogP contribution in [0.5, 0.6) is 11.5 Å². The Balaban J connectivity index is 2.13. The van der Waals surface area contributed by atoms with Gasteiger partial charge in [-0.15, -0.1) is 0 Å². The average Bonchev–Trinajstić information content (AvgIpc) is 2.72. The lowest BCUT2D eigenvalue weighted by Crippen LogP contribution is -2.03. The van der Waals surface area contributed by atoms with Gasteiger partial charge in [0, 0.05) is 20.4 Å². The highest BCUT2D eigenvalue weighted by Gasteiger charge is 2.24. The number of rotatable bonds is 1. The Morgan fingerprint density at radius 3 is 2.67 bits per heavy atom. The topological polar surface area (TPSA) is 69.6 Å². The molecule has 1 aliphatic heterocycles. The number of halogens is 2. The third kappa shape index (κ3) is 2.65. The van der Waals surface area contributed by atoms with Gasteiger partial charge >= 0.3 is 0 Å². The molecule has 3 N–H and O–H groups in total. The molecule has 1 heterocycles. The van der Waals surface area contributed by atoms with E-state index in [9.17, 15) is 15.0 Å². The Morgan fingerprint density at radius 1 is 1.19 bits per heavy atom. The third-order valence-corrected chi connectivity index (χ3v) is 4.42. The zero-order chi connectivity index (χ0) is 15.1. The van der Waals surface area contributed by atoms with Crippen molar-refractivity contribution in [3.05, 3.63) is 49.5 Å². The van der Waals surface area contributed by atoms with E-state index in [2.05, 4.69) is 43.8 Å². The predicted octanol–water partition coefficient (Wildman–Crippen LogP) is 3.96. The van der Waals surface area contributed by atoms with Crippen molar-refractivity contribution in [1.82, 2.24) is 0 Å². The van der Waals surface area contributed by atoms with Gasteiger partial charge in [0.1, 0.15) is 0 Å². The summed E-state index contributed by atoms with van der Waals surface area (Å²) in [6.45, 7) is 0. The summed E-state index contributed by atoms with van der Waals surface area (Å²) in [7, 11) is 0. The number of phenols is 2. The van der Waals surface area contributed by atoms with Gasteiger partial charge in [-0.25, -0.2) is 0 Å². The molecule has 0 spiro atoms. The number of amides is 1. The van der Waals surface area contributed by atoms with E-state index in [-0.39, 0.29) is 17.4 Å². The van der Waals surface area contributed by atoms with E-state index in [0.29, 0.717) is 15.6 Å². The molecule has 6 heteroatoms. The predicted molar refractivity (Wildman–Crippen MR) is 93.1 cm³/mol. The summed E-state index contributed by atoms with van der Waals surface area (Å²) < 4.78 is 1.40. The zero-order valence-electron chi connectivity index (χ0n) is 10.5. The molecule has 0 aromatic heterocycles. The van der Waals surface area contributed by atoms with Crippen LogP contribution in [0.15, 0.2) is 34.8 Å². The SMILES string of the molecule is O=C1Nc2ccc(I)cc2C1=Cc1cc(O)c(O)c(Br)c1. The Bertz CT molecular complexity index is 778. The summed E-state index contributed by atoms with van der Waals surface area (Å²) in [6, 6.07) is 8.76. The molecule has 4 nitrogen and oxygen atoms in total. The van der Waals surface area contributed by atoms with Gasteiger partial charge in [0.15, 0.2) is 11.5 Å². The molecule has 0 bridgehead atoms. The first kappa shape index (κ1) is 14.4. The van der Waals surface area contributed by atoms with Crippen LogP contribution in [0.25, 0.3) is 11.6 Å². The summed E-state index contributed by atoms with van der Waals surface area (Å²) >= 11 is 5.35. The number of hydrogen-bond donors (Lipinski definition) is 3. The molecule has 3 rings (SSSR count). The van der Waals surface area contributed by atoms with E-state index in [4.69, 9.17) is 0 Å². The van der Waals surface area contributed by atoms with Crippen LogP contribution in [0.3, 0.4) is 0 Å². The molecule has 106 valence electrons. The normalized spacial score (nSPS) is 15.1. The molecule has 1 amide bonds. The second-order valence-corrected chi connectivity index (χ2v) is 6.67. The molecule has 2 aromatic rings. The molecular formula is C15H9BrINO3. The molecule has 0 unspecified atom stereocenters. The molecule has 0 saturated carbocycles. The third-order valence-electron chi connectivity index (χ3n) is 3.14. The zero-order valence-corrected chi connectivity index (χ0v) is 14.3. The van der Waals surface area contributed by atoms with Crippen molar-refractivity contribution in [2.75, 3.05) is 5.32 Å². The number of benzene rings is 2. The van der Waals surface area contributed by atoms with Crippen LogP contribution >= 0.6 is 38.5 Å². The fourth-order valence-electron chi connectivity index (χ4n) is 2.16. The van der Waals surface area contributed by atoms with Crippen LogP contribution in [0.4, 0.5) is 5.69 Å². The van der Waals surface area contributed by atoms with Crippen molar-refractivity contribution < 1.29 is 15.0 Å². The standard InChI is InChI=1S/C15H9BrINO3/c16-11-4-7(5-13(19)14(11)20)3-10-9-6-8(17)1-2-12(9)18-15(10)21/h1-6,19-20H,(H,18,21). The summed E-state index contributed by atoms with van der Waals surface area (Å²) in [6.07, 6.45) is 1.68. The lowest BCUT2D eigenvalue weighted by Gasteiger charge is -2.04. The summed E-state index contributed by atoms with van der Waals surface area (Å²) in [5.41, 5.74) is 2.75. The Hall–Kier alpha value is -1.54. The van der Waals surface area contributed by atoms with Crippen molar-refractivity contribution in [3.63, 3.8) is 0 Å². The van der Waals surface area contributed by atoms with Gasteiger partial charge < -0.3 is 15.5 Å². The number of fused-ring (bicyclic) bond motifs is 1. The Morgan fingerprint density at radius 2 is 1.95 bits per heavy atom.